The Balaban J connectivity index is 1.34. The molecule has 0 aliphatic heterocycles. The minimum absolute atomic E-state index is 0.0262. The second-order valence-electron chi connectivity index (χ2n) is 6.77. The summed E-state index contributed by atoms with van der Waals surface area (Å²) in [6, 6.07) is 19.4. The Morgan fingerprint density at radius 3 is 2.90 bits per heavy atom. The maximum absolute atomic E-state index is 12.5. The Morgan fingerprint density at radius 2 is 1.97 bits per heavy atom. The Bertz CT molecular complexity index is 1350. The number of nitrogens with zero attached hydrogens (tertiary/aromatic N) is 5. The molecule has 2 aromatic heterocycles. The number of benzene rings is 3. The highest BCUT2D eigenvalue weighted by Gasteiger charge is 2.12. The zero-order chi connectivity index (χ0) is 19.8. The number of nitrogens with one attached hydrogen (secondary N) is 2. The van der Waals surface area contributed by atoms with Crippen molar-refractivity contribution in [1.29, 1.82) is 0 Å². The van der Waals surface area contributed by atoms with Crippen LogP contribution in [0.25, 0.3) is 33.2 Å². The summed E-state index contributed by atoms with van der Waals surface area (Å²) in [6.07, 6.45) is 0. The van der Waals surface area contributed by atoms with Crippen LogP contribution in [-0.2, 0) is 11.3 Å². The highest BCUT2D eigenvalue weighted by molar-refractivity contribution is 6.01. The van der Waals surface area contributed by atoms with Gasteiger partial charge >= 0.3 is 0 Å². The molecule has 1 amide bonds. The molecule has 0 spiro atoms. The summed E-state index contributed by atoms with van der Waals surface area (Å²) < 4.78 is 0. The quantitative estimate of drug-likeness (QED) is 0.496. The van der Waals surface area contributed by atoms with Gasteiger partial charge in [0.1, 0.15) is 12.4 Å². The molecular weight excluding hydrogens is 366 g/mol. The number of fused-ring (bicyclic) bond motifs is 2. The third-order valence-electron chi connectivity index (χ3n) is 4.66. The zero-order valence-electron chi connectivity index (χ0n) is 15.6. The second-order valence-corrected chi connectivity index (χ2v) is 6.77. The number of anilines is 1. The Hall–Kier alpha value is -4.07. The first kappa shape index (κ1) is 17.1. The first-order valence-electron chi connectivity index (χ1n) is 9.18. The molecule has 5 rings (SSSR count). The van der Waals surface area contributed by atoms with E-state index in [2.05, 4.69) is 30.7 Å². The van der Waals surface area contributed by atoms with E-state index in [0.29, 0.717) is 5.82 Å². The molecule has 0 saturated carbocycles. The predicted molar refractivity (Wildman–Crippen MR) is 110 cm³/mol. The van der Waals surface area contributed by atoms with Crippen molar-refractivity contribution in [2.75, 3.05) is 5.32 Å². The number of rotatable bonds is 4. The van der Waals surface area contributed by atoms with E-state index in [4.69, 9.17) is 0 Å². The van der Waals surface area contributed by atoms with Crippen LogP contribution in [0.5, 0.6) is 0 Å². The molecule has 0 atom stereocenters. The molecule has 2 N–H and O–H groups in total. The SMILES string of the molecule is Cc1nc2ccc(-c3nnn(CC(=O)Nc4cccc5ccccc45)n3)cc2[nH]1. The van der Waals surface area contributed by atoms with E-state index in [1.54, 1.807) is 0 Å². The number of carbonyl (C=O) groups is 1. The number of aryl methyl sites for hydroxylation is 1. The van der Waals surface area contributed by atoms with Crippen LogP contribution in [-0.4, -0.2) is 36.1 Å². The van der Waals surface area contributed by atoms with Crippen LogP contribution < -0.4 is 5.32 Å². The third-order valence-corrected chi connectivity index (χ3v) is 4.66. The number of hydrogen-bond acceptors (Lipinski definition) is 5. The van der Waals surface area contributed by atoms with E-state index >= 15 is 0 Å². The van der Waals surface area contributed by atoms with Gasteiger partial charge in [0, 0.05) is 16.6 Å². The molecule has 0 aliphatic rings. The number of carbonyl (C=O) groups excluding carboxylic acids is 1. The van der Waals surface area contributed by atoms with Gasteiger partial charge in [0.2, 0.25) is 11.7 Å². The van der Waals surface area contributed by atoms with Crippen molar-refractivity contribution in [3.63, 3.8) is 0 Å². The van der Waals surface area contributed by atoms with E-state index in [0.717, 1.165) is 38.9 Å². The Labute approximate surface area is 165 Å². The maximum atomic E-state index is 12.5. The van der Waals surface area contributed by atoms with Crippen molar-refractivity contribution < 1.29 is 4.79 Å². The molecule has 0 unspecified atom stereocenters. The number of aromatic amines is 1. The van der Waals surface area contributed by atoms with Crippen LogP contribution in [0.15, 0.2) is 60.7 Å². The fourth-order valence-electron chi connectivity index (χ4n) is 3.35. The predicted octanol–water partition coefficient (Wildman–Crippen LogP) is 3.32. The van der Waals surface area contributed by atoms with Gasteiger partial charge in [0.05, 0.1) is 11.0 Å². The van der Waals surface area contributed by atoms with Crippen molar-refractivity contribution in [3.8, 4) is 11.4 Å². The fourth-order valence-corrected chi connectivity index (χ4v) is 3.35. The lowest BCUT2D eigenvalue weighted by atomic mass is 10.1. The number of amides is 1. The van der Waals surface area contributed by atoms with Gasteiger partial charge in [-0.2, -0.15) is 4.80 Å². The zero-order valence-corrected chi connectivity index (χ0v) is 15.6. The van der Waals surface area contributed by atoms with Gasteiger partial charge in [0.25, 0.3) is 0 Å². The number of imidazole rings is 1. The first-order chi connectivity index (χ1) is 14.2. The van der Waals surface area contributed by atoms with E-state index in [9.17, 15) is 4.79 Å². The van der Waals surface area contributed by atoms with Crippen LogP contribution in [0.4, 0.5) is 5.69 Å². The average Bonchev–Trinajstić information content (AvgIpc) is 3.33. The standard InChI is InChI=1S/C21H17N7O/c1-13-22-18-10-9-15(11-19(18)23-13)21-25-27-28(26-21)12-20(29)24-17-8-4-6-14-5-2-3-7-16(14)17/h2-11H,12H2,1H3,(H,22,23)(H,24,29). The van der Waals surface area contributed by atoms with Gasteiger partial charge in [-0.3, -0.25) is 4.79 Å². The minimum Gasteiger partial charge on any atom is -0.342 e. The average molecular weight is 383 g/mol. The largest absolute Gasteiger partial charge is 0.342 e. The second kappa shape index (κ2) is 6.83. The van der Waals surface area contributed by atoms with Crippen LogP contribution in [0.1, 0.15) is 5.82 Å². The van der Waals surface area contributed by atoms with Gasteiger partial charge in [0.15, 0.2) is 0 Å². The molecule has 0 radical (unpaired) electrons. The van der Waals surface area contributed by atoms with Crippen molar-refractivity contribution in [1.82, 2.24) is 30.2 Å². The summed E-state index contributed by atoms with van der Waals surface area (Å²) in [5, 5.41) is 17.4. The summed E-state index contributed by atoms with van der Waals surface area (Å²) in [7, 11) is 0. The topological polar surface area (TPSA) is 101 Å². The van der Waals surface area contributed by atoms with E-state index in [-0.39, 0.29) is 12.5 Å². The summed E-state index contributed by atoms with van der Waals surface area (Å²) in [5.74, 6) is 1.08. The number of H-pyrrole nitrogens is 1. The van der Waals surface area contributed by atoms with Gasteiger partial charge in [-0.05, 0) is 41.8 Å². The highest BCUT2D eigenvalue weighted by Crippen LogP contribution is 2.23. The van der Waals surface area contributed by atoms with Gasteiger partial charge in [-0.25, -0.2) is 4.98 Å². The van der Waals surface area contributed by atoms with Crippen LogP contribution >= 0.6 is 0 Å². The van der Waals surface area contributed by atoms with Crippen LogP contribution in [0.2, 0.25) is 0 Å². The molecular formula is C21H17N7O. The van der Waals surface area contributed by atoms with Crippen LogP contribution in [0.3, 0.4) is 0 Å². The maximum Gasteiger partial charge on any atom is 0.248 e. The van der Waals surface area contributed by atoms with Crippen LogP contribution in [0, 0.1) is 6.92 Å². The summed E-state index contributed by atoms with van der Waals surface area (Å²) in [4.78, 5) is 21.4. The minimum atomic E-state index is -0.218. The molecule has 0 aliphatic carbocycles. The molecule has 0 fully saturated rings. The summed E-state index contributed by atoms with van der Waals surface area (Å²) in [5.41, 5.74) is 3.36. The number of hydrogen-bond donors (Lipinski definition) is 2. The Morgan fingerprint density at radius 1 is 1.10 bits per heavy atom. The number of tetrazole rings is 1. The van der Waals surface area contributed by atoms with Gasteiger partial charge < -0.3 is 10.3 Å². The monoisotopic (exact) mass is 383 g/mol. The molecule has 0 bridgehead atoms. The molecule has 2 heterocycles. The summed E-state index contributed by atoms with van der Waals surface area (Å²) in [6.45, 7) is 1.88. The fraction of sp³-hybridized carbons (Fsp3) is 0.0952. The molecule has 8 nitrogen and oxygen atoms in total. The highest BCUT2D eigenvalue weighted by atomic mass is 16.2. The molecule has 8 heteroatoms. The molecule has 3 aromatic carbocycles. The van der Waals surface area contributed by atoms with Crippen molar-refractivity contribution in [2.45, 2.75) is 13.5 Å². The normalized spacial score (nSPS) is 11.2. The molecule has 142 valence electrons. The number of aromatic nitrogens is 6. The van der Waals surface area contributed by atoms with Crippen molar-refractivity contribution >= 4 is 33.4 Å². The summed E-state index contributed by atoms with van der Waals surface area (Å²) >= 11 is 0. The van der Waals surface area contributed by atoms with E-state index < -0.39 is 0 Å². The smallest absolute Gasteiger partial charge is 0.248 e. The van der Waals surface area contributed by atoms with Gasteiger partial charge in [-0.15, -0.1) is 10.2 Å². The molecule has 5 aromatic rings. The van der Waals surface area contributed by atoms with E-state index in [1.165, 1.54) is 4.80 Å². The lowest BCUT2D eigenvalue weighted by Crippen LogP contribution is -2.20. The van der Waals surface area contributed by atoms with Crippen molar-refractivity contribution in [2.24, 2.45) is 0 Å². The van der Waals surface area contributed by atoms with Crippen molar-refractivity contribution in [3.05, 3.63) is 66.5 Å². The van der Waals surface area contributed by atoms with Gasteiger partial charge in [-0.1, -0.05) is 36.4 Å². The molecule has 0 saturated heterocycles. The Kier molecular flexibility index (Phi) is 4.02. The lowest BCUT2D eigenvalue weighted by molar-refractivity contribution is -0.117. The third kappa shape index (κ3) is 3.31. The lowest BCUT2D eigenvalue weighted by Gasteiger charge is -2.08. The molecule has 29 heavy (non-hydrogen) atoms. The van der Waals surface area contributed by atoms with E-state index in [1.807, 2.05) is 67.6 Å². The first-order valence-corrected chi connectivity index (χ1v) is 9.18.